The SMILES string of the molecule is COc1ccc(F)c(C(=O)N[C@@H]2CCN(Cc3ccccc3)C2)c1F. The molecule has 6 heteroatoms. The summed E-state index contributed by atoms with van der Waals surface area (Å²) in [5, 5.41) is 2.73. The Kier molecular flexibility index (Phi) is 5.28. The van der Waals surface area contributed by atoms with E-state index in [4.69, 9.17) is 4.74 Å². The van der Waals surface area contributed by atoms with Crippen molar-refractivity contribution in [3.05, 3.63) is 65.2 Å². The number of rotatable bonds is 5. The molecule has 0 radical (unpaired) electrons. The fraction of sp³-hybridized carbons (Fsp3) is 0.316. The number of nitrogens with zero attached hydrogens (tertiary/aromatic N) is 1. The first-order valence-electron chi connectivity index (χ1n) is 8.17. The molecule has 1 aliphatic heterocycles. The van der Waals surface area contributed by atoms with Crippen LogP contribution >= 0.6 is 0 Å². The van der Waals surface area contributed by atoms with Crippen LogP contribution in [0.4, 0.5) is 8.78 Å². The molecule has 25 heavy (non-hydrogen) atoms. The molecule has 3 rings (SSSR count). The highest BCUT2D eigenvalue weighted by molar-refractivity contribution is 5.95. The van der Waals surface area contributed by atoms with E-state index in [2.05, 4.69) is 10.2 Å². The van der Waals surface area contributed by atoms with Crippen molar-refractivity contribution in [2.45, 2.75) is 19.0 Å². The van der Waals surface area contributed by atoms with E-state index in [1.54, 1.807) is 0 Å². The number of carbonyl (C=O) groups excluding carboxylic acids is 1. The number of methoxy groups -OCH3 is 1. The van der Waals surface area contributed by atoms with E-state index in [0.29, 0.717) is 6.54 Å². The Labute approximate surface area is 145 Å². The van der Waals surface area contributed by atoms with Crippen LogP contribution in [0.15, 0.2) is 42.5 Å². The predicted molar refractivity (Wildman–Crippen MR) is 90.5 cm³/mol. The van der Waals surface area contributed by atoms with Crippen LogP contribution in [-0.4, -0.2) is 37.0 Å². The Balaban J connectivity index is 1.63. The lowest BCUT2D eigenvalue weighted by Gasteiger charge is -2.17. The quantitative estimate of drug-likeness (QED) is 0.905. The molecular formula is C19H20F2N2O2. The number of likely N-dealkylation sites (tertiary alicyclic amines) is 1. The van der Waals surface area contributed by atoms with Gasteiger partial charge in [-0.15, -0.1) is 0 Å². The van der Waals surface area contributed by atoms with E-state index in [1.807, 2.05) is 30.3 Å². The second-order valence-electron chi connectivity index (χ2n) is 6.12. The molecule has 1 N–H and O–H groups in total. The molecule has 0 aliphatic carbocycles. The lowest BCUT2D eigenvalue weighted by Crippen LogP contribution is -2.37. The maximum atomic E-state index is 14.2. The van der Waals surface area contributed by atoms with Crippen molar-refractivity contribution in [1.29, 1.82) is 0 Å². The van der Waals surface area contributed by atoms with E-state index in [1.165, 1.54) is 18.7 Å². The number of halogens is 2. The number of hydrogen-bond donors (Lipinski definition) is 1. The van der Waals surface area contributed by atoms with Gasteiger partial charge in [-0.3, -0.25) is 9.69 Å². The normalized spacial score (nSPS) is 17.5. The molecule has 1 atom stereocenters. The molecule has 0 saturated carbocycles. The molecule has 2 aromatic carbocycles. The maximum absolute atomic E-state index is 14.2. The molecule has 1 fully saturated rings. The largest absolute Gasteiger partial charge is 0.494 e. The number of benzene rings is 2. The molecule has 1 heterocycles. The molecule has 132 valence electrons. The number of ether oxygens (including phenoxy) is 1. The van der Waals surface area contributed by atoms with Gasteiger partial charge in [0.2, 0.25) is 0 Å². The zero-order valence-corrected chi connectivity index (χ0v) is 14.0. The third-order valence-corrected chi connectivity index (χ3v) is 4.36. The highest BCUT2D eigenvalue weighted by Gasteiger charge is 2.27. The lowest BCUT2D eigenvalue weighted by molar-refractivity contribution is 0.0928. The van der Waals surface area contributed by atoms with Crippen molar-refractivity contribution < 1.29 is 18.3 Å². The van der Waals surface area contributed by atoms with E-state index in [9.17, 15) is 13.6 Å². The standard InChI is InChI=1S/C19H20F2N2O2/c1-25-16-8-7-15(20)17(18(16)21)19(24)22-14-9-10-23(12-14)11-13-5-3-2-4-6-13/h2-8,14H,9-12H2,1H3,(H,22,24)/t14-/m1/s1. The van der Waals surface area contributed by atoms with Crippen LogP contribution in [0.2, 0.25) is 0 Å². The van der Waals surface area contributed by atoms with Gasteiger partial charge >= 0.3 is 0 Å². The molecule has 0 bridgehead atoms. The van der Waals surface area contributed by atoms with Crippen molar-refractivity contribution >= 4 is 5.91 Å². The first-order chi connectivity index (χ1) is 12.1. The zero-order chi connectivity index (χ0) is 17.8. The highest BCUT2D eigenvalue weighted by Crippen LogP contribution is 2.23. The van der Waals surface area contributed by atoms with Gasteiger partial charge in [0.15, 0.2) is 11.6 Å². The third kappa shape index (κ3) is 3.96. The highest BCUT2D eigenvalue weighted by atomic mass is 19.1. The van der Waals surface area contributed by atoms with E-state index in [-0.39, 0.29) is 11.8 Å². The van der Waals surface area contributed by atoms with Gasteiger partial charge in [-0.25, -0.2) is 8.78 Å². The molecule has 1 aliphatic rings. The van der Waals surface area contributed by atoms with Gasteiger partial charge in [0, 0.05) is 25.7 Å². The molecule has 0 unspecified atom stereocenters. The molecular weight excluding hydrogens is 326 g/mol. The fourth-order valence-electron chi connectivity index (χ4n) is 3.09. The summed E-state index contributed by atoms with van der Waals surface area (Å²) in [6.45, 7) is 2.26. The van der Waals surface area contributed by atoms with Gasteiger partial charge in [0.25, 0.3) is 5.91 Å². The Morgan fingerprint density at radius 2 is 2.00 bits per heavy atom. The summed E-state index contributed by atoms with van der Waals surface area (Å²) in [6.07, 6.45) is 0.742. The Morgan fingerprint density at radius 3 is 2.72 bits per heavy atom. The zero-order valence-electron chi connectivity index (χ0n) is 14.0. The van der Waals surface area contributed by atoms with Gasteiger partial charge in [-0.2, -0.15) is 0 Å². The number of amides is 1. The van der Waals surface area contributed by atoms with Crippen LogP contribution in [-0.2, 0) is 6.54 Å². The summed E-state index contributed by atoms with van der Waals surface area (Å²) >= 11 is 0. The van der Waals surface area contributed by atoms with Crippen molar-refractivity contribution in [3.8, 4) is 5.75 Å². The Bertz CT molecular complexity index is 753. The molecule has 1 amide bonds. The lowest BCUT2D eigenvalue weighted by atomic mass is 10.1. The number of hydrogen-bond acceptors (Lipinski definition) is 3. The average Bonchev–Trinajstić information content (AvgIpc) is 3.03. The van der Waals surface area contributed by atoms with Gasteiger partial charge in [-0.1, -0.05) is 30.3 Å². The Hall–Kier alpha value is -2.47. The van der Waals surface area contributed by atoms with Crippen LogP contribution in [0.5, 0.6) is 5.75 Å². The Morgan fingerprint density at radius 1 is 1.24 bits per heavy atom. The minimum atomic E-state index is -0.973. The minimum Gasteiger partial charge on any atom is -0.494 e. The maximum Gasteiger partial charge on any atom is 0.257 e. The molecule has 1 saturated heterocycles. The van der Waals surface area contributed by atoms with Crippen LogP contribution in [0, 0.1) is 11.6 Å². The van der Waals surface area contributed by atoms with Crippen molar-refractivity contribution in [2.24, 2.45) is 0 Å². The van der Waals surface area contributed by atoms with Crippen molar-refractivity contribution in [3.63, 3.8) is 0 Å². The van der Waals surface area contributed by atoms with E-state index in [0.717, 1.165) is 25.6 Å². The van der Waals surface area contributed by atoms with Gasteiger partial charge in [0.05, 0.1) is 7.11 Å². The summed E-state index contributed by atoms with van der Waals surface area (Å²) in [4.78, 5) is 14.5. The van der Waals surface area contributed by atoms with Gasteiger partial charge in [0.1, 0.15) is 11.4 Å². The second-order valence-corrected chi connectivity index (χ2v) is 6.12. The number of nitrogens with one attached hydrogen (secondary N) is 1. The monoisotopic (exact) mass is 346 g/mol. The topological polar surface area (TPSA) is 41.6 Å². The van der Waals surface area contributed by atoms with E-state index >= 15 is 0 Å². The van der Waals surface area contributed by atoms with Crippen LogP contribution in [0.3, 0.4) is 0 Å². The smallest absolute Gasteiger partial charge is 0.257 e. The van der Waals surface area contributed by atoms with Crippen molar-refractivity contribution in [2.75, 3.05) is 20.2 Å². The van der Waals surface area contributed by atoms with Crippen LogP contribution in [0.1, 0.15) is 22.3 Å². The minimum absolute atomic E-state index is 0.138. The third-order valence-electron chi connectivity index (χ3n) is 4.36. The summed E-state index contributed by atoms with van der Waals surface area (Å²) in [5.74, 6) is -2.77. The van der Waals surface area contributed by atoms with Gasteiger partial charge in [-0.05, 0) is 24.1 Å². The van der Waals surface area contributed by atoms with Gasteiger partial charge < -0.3 is 10.1 Å². The number of carbonyl (C=O) groups is 1. The summed E-state index contributed by atoms with van der Waals surface area (Å²) in [7, 11) is 1.27. The molecule has 0 aromatic heterocycles. The van der Waals surface area contributed by atoms with Crippen LogP contribution in [0.25, 0.3) is 0 Å². The summed E-state index contributed by atoms with van der Waals surface area (Å²) in [5.41, 5.74) is 0.597. The van der Waals surface area contributed by atoms with Crippen LogP contribution < -0.4 is 10.1 Å². The van der Waals surface area contributed by atoms with Crippen molar-refractivity contribution in [1.82, 2.24) is 10.2 Å². The molecule has 2 aromatic rings. The average molecular weight is 346 g/mol. The fourth-order valence-corrected chi connectivity index (χ4v) is 3.09. The summed E-state index contributed by atoms with van der Waals surface area (Å²) in [6, 6.07) is 12.1. The molecule has 0 spiro atoms. The first kappa shape index (κ1) is 17.4. The van der Waals surface area contributed by atoms with E-state index < -0.39 is 23.1 Å². The first-order valence-corrected chi connectivity index (χ1v) is 8.17. The summed E-state index contributed by atoms with van der Waals surface area (Å²) < 4.78 is 32.9. The second kappa shape index (κ2) is 7.61. The predicted octanol–water partition coefficient (Wildman–Crippen LogP) is 2.98. The molecule has 4 nitrogen and oxygen atoms in total.